The molecule has 1 saturated heterocycles. The maximum Gasteiger partial charge on any atom is 0.310 e. The normalized spacial score (nSPS) is 21.8. The Balaban J connectivity index is 1.38. The van der Waals surface area contributed by atoms with Crippen molar-refractivity contribution in [3.63, 3.8) is 0 Å². The van der Waals surface area contributed by atoms with Gasteiger partial charge in [-0.2, -0.15) is 0 Å². The Labute approximate surface area is 245 Å². The lowest BCUT2D eigenvalue weighted by Crippen LogP contribution is -2.45. The second-order valence-corrected chi connectivity index (χ2v) is 10.7. The van der Waals surface area contributed by atoms with Gasteiger partial charge in [-0.25, -0.2) is 0 Å². The molecule has 3 aliphatic rings. The molecule has 12 heteroatoms. The van der Waals surface area contributed by atoms with Crippen molar-refractivity contribution in [3.8, 4) is 28.7 Å². The van der Waals surface area contributed by atoms with Gasteiger partial charge in [0.2, 0.25) is 18.4 Å². The third-order valence-electron chi connectivity index (χ3n) is 8.17. The highest BCUT2D eigenvalue weighted by molar-refractivity contribution is 5.81. The highest BCUT2D eigenvalue weighted by Crippen LogP contribution is 2.55. The number of ether oxygens (including phenoxy) is 5. The largest absolute Gasteiger partial charge is 0.502 e. The average molecular weight is 585 g/mol. The summed E-state index contributed by atoms with van der Waals surface area (Å²) < 4.78 is 27.8. The Hall–Kier alpha value is -3.74. The van der Waals surface area contributed by atoms with Gasteiger partial charge in [0.1, 0.15) is 0 Å². The molecule has 1 amide bonds. The molecule has 1 aliphatic carbocycles. The molecule has 2 aromatic carbocycles. The Morgan fingerprint density at radius 2 is 1.62 bits per heavy atom. The van der Waals surface area contributed by atoms with Crippen LogP contribution in [0.5, 0.6) is 28.7 Å². The van der Waals surface area contributed by atoms with Gasteiger partial charge in [0.25, 0.3) is 0 Å². The van der Waals surface area contributed by atoms with Gasteiger partial charge in [-0.3, -0.25) is 9.59 Å². The van der Waals surface area contributed by atoms with E-state index in [0.29, 0.717) is 30.2 Å². The third kappa shape index (κ3) is 6.06. The van der Waals surface area contributed by atoms with Gasteiger partial charge in [-0.05, 0) is 86.4 Å². The number of fused-ring (bicyclic) bond motifs is 3. The van der Waals surface area contributed by atoms with Gasteiger partial charge in [0.05, 0.1) is 39.3 Å². The average Bonchev–Trinajstić information content (AvgIpc) is 3.62. The fourth-order valence-corrected chi connectivity index (χ4v) is 6.13. The molecule has 0 saturated carbocycles. The molecule has 0 bridgehead atoms. The van der Waals surface area contributed by atoms with Crippen molar-refractivity contribution in [2.45, 2.75) is 31.2 Å². The monoisotopic (exact) mass is 584 g/mol. The van der Waals surface area contributed by atoms with Gasteiger partial charge in [-0.15, -0.1) is 0 Å². The number of carbonyl (C=O) groups is 2. The smallest absolute Gasteiger partial charge is 0.310 e. The number of benzene rings is 2. The van der Waals surface area contributed by atoms with E-state index in [1.54, 1.807) is 12.1 Å². The number of phenols is 1. The predicted octanol–water partition coefficient (Wildman–Crippen LogP) is 1.54. The highest BCUT2D eigenvalue weighted by Gasteiger charge is 2.53. The molecule has 2 heterocycles. The Kier molecular flexibility index (Phi) is 9.55. The van der Waals surface area contributed by atoms with Gasteiger partial charge in [0.15, 0.2) is 23.0 Å². The topological polar surface area (TPSA) is 163 Å². The zero-order valence-electron chi connectivity index (χ0n) is 24.1. The summed E-state index contributed by atoms with van der Waals surface area (Å²) in [5.41, 5.74) is 7.85. The summed E-state index contributed by atoms with van der Waals surface area (Å²) in [5, 5.41) is 20.3. The predicted molar refractivity (Wildman–Crippen MR) is 153 cm³/mol. The van der Waals surface area contributed by atoms with Crippen LogP contribution < -0.4 is 40.6 Å². The zero-order chi connectivity index (χ0) is 29.6. The van der Waals surface area contributed by atoms with Crippen molar-refractivity contribution >= 4 is 11.9 Å². The summed E-state index contributed by atoms with van der Waals surface area (Å²) in [5.74, 6) is -0.470. The maximum absolute atomic E-state index is 13.3. The van der Waals surface area contributed by atoms with E-state index < -0.39 is 17.9 Å². The minimum Gasteiger partial charge on any atom is -0.502 e. The number of nitrogens with one attached hydrogen (secondary N) is 3. The quantitative estimate of drug-likeness (QED) is 0.162. The number of cyclic esters (lactones) is 1. The standard InChI is InChI=1S/C30H40N4O8/c1-38-23-10-17(11-24(39-2)29(23)36)26-18-12-21-22(42-16-41-21)13-19(18)28(20-15-40-30(37)27(20)26)34-25(35)14-33-9-5-8-32-7-4-3-6-31/h10-13,20,26-28,32-33,36H,3-9,14-16,31H2,1-2H3,(H,34,35)/t20-,26?,27?,28+/m0/s1. The van der Waals surface area contributed by atoms with E-state index in [2.05, 4.69) is 16.0 Å². The number of rotatable bonds is 14. The number of carbonyl (C=O) groups excluding carboxylic acids is 2. The Morgan fingerprint density at radius 3 is 2.31 bits per heavy atom. The fraction of sp³-hybridized carbons (Fsp3) is 0.533. The van der Waals surface area contributed by atoms with Crippen molar-refractivity contribution in [1.29, 1.82) is 0 Å². The molecule has 42 heavy (non-hydrogen) atoms. The molecule has 2 aliphatic heterocycles. The lowest BCUT2D eigenvalue weighted by Gasteiger charge is -2.39. The zero-order valence-corrected chi connectivity index (χ0v) is 24.1. The maximum atomic E-state index is 13.3. The van der Waals surface area contributed by atoms with Crippen LogP contribution in [0.1, 0.15) is 47.9 Å². The van der Waals surface area contributed by atoms with Crippen LogP contribution in [-0.4, -0.2) is 77.3 Å². The fourth-order valence-electron chi connectivity index (χ4n) is 6.13. The lowest BCUT2D eigenvalue weighted by atomic mass is 9.65. The summed E-state index contributed by atoms with van der Waals surface area (Å²) in [6, 6.07) is 6.67. The first kappa shape index (κ1) is 29.7. The van der Waals surface area contributed by atoms with Gasteiger partial charge >= 0.3 is 5.97 Å². The first-order chi connectivity index (χ1) is 20.5. The first-order valence-electron chi connectivity index (χ1n) is 14.4. The van der Waals surface area contributed by atoms with Crippen LogP contribution >= 0.6 is 0 Å². The van der Waals surface area contributed by atoms with E-state index >= 15 is 0 Å². The molecule has 5 rings (SSSR count). The van der Waals surface area contributed by atoms with Crippen LogP contribution in [0.25, 0.3) is 0 Å². The van der Waals surface area contributed by atoms with Gasteiger partial charge in [-0.1, -0.05) is 0 Å². The SMILES string of the molecule is COc1cc(C2c3cc4c(cc3[C@@H](NC(=O)CNCCCNCCCCN)[C@H]3COC(=O)C23)OCO4)cc(OC)c1O. The summed E-state index contributed by atoms with van der Waals surface area (Å²) in [6.07, 6.45) is 2.95. The molecule has 0 spiro atoms. The van der Waals surface area contributed by atoms with E-state index in [4.69, 9.17) is 29.4 Å². The molecule has 6 N–H and O–H groups in total. The van der Waals surface area contributed by atoms with Crippen molar-refractivity contribution in [1.82, 2.24) is 16.0 Å². The van der Waals surface area contributed by atoms with Crippen molar-refractivity contribution in [2.75, 3.05) is 60.3 Å². The number of phenolic OH excluding ortho intramolecular Hbond substituents is 1. The first-order valence-corrected chi connectivity index (χ1v) is 14.4. The molecule has 1 fully saturated rings. The van der Waals surface area contributed by atoms with E-state index in [9.17, 15) is 14.7 Å². The van der Waals surface area contributed by atoms with E-state index in [1.165, 1.54) is 14.2 Å². The van der Waals surface area contributed by atoms with E-state index in [1.807, 2.05) is 12.1 Å². The molecule has 0 radical (unpaired) electrons. The van der Waals surface area contributed by atoms with Crippen LogP contribution in [0.2, 0.25) is 0 Å². The second-order valence-electron chi connectivity index (χ2n) is 10.7. The van der Waals surface area contributed by atoms with Crippen LogP contribution in [0.3, 0.4) is 0 Å². The number of hydrogen-bond donors (Lipinski definition) is 5. The number of unbranched alkanes of at least 4 members (excludes halogenated alkanes) is 1. The van der Waals surface area contributed by atoms with Crippen molar-refractivity contribution < 1.29 is 38.4 Å². The van der Waals surface area contributed by atoms with Gasteiger partial charge < -0.3 is 50.5 Å². The molecule has 0 aromatic heterocycles. The molecular weight excluding hydrogens is 544 g/mol. The highest BCUT2D eigenvalue weighted by atomic mass is 16.7. The number of hydrogen-bond acceptors (Lipinski definition) is 11. The number of nitrogens with two attached hydrogens (primary N) is 1. The summed E-state index contributed by atoms with van der Waals surface area (Å²) in [6.45, 7) is 3.58. The molecule has 2 aromatic rings. The summed E-state index contributed by atoms with van der Waals surface area (Å²) in [7, 11) is 2.91. The number of esters is 1. The Morgan fingerprint density at radius 1 is 0.952 bits per heavy atom. The summed E-state index contributed by atoms with van der Waals surface area (Å²) >= 11 is 0. The second kappa shape index (κ2) is 13.5. The molecule has 228 valence electrons. The minimum absolute atomic E-state index is 0.0848. The van der Waals surface area contributed by atoms with Crippen LogP contribution in [-0.2, 0) is 14.3 Å². The molecule has 12 nitrogen and oxygen atoms in total. The molecule has 2 unspecified atom stereocenters. The number of methoxy groups -OCH3 is 2. The van der Waals surface area contributed by atoms with E-state index in [-0.39, 0.29) is 55.0 Å². The molecular formula is C30H40N4O8. The van der Waals surface area contributed by atoms with Crippen molar-refractivity contribution in [3.05, 3.63) is 41.0 Å². The Bertz CT molecular complexity index is 1260. The molecule has 4 atom stereocenters. The third-order valence-corrected chi connectivity index (χ3v) is 8.17. The van der Waals surface area contributed by atoms with E-state index in [0.717, 1.165) is 43.5 Å². The summed E-state index contributed by atoms with van der Waals surface area (Å²) in [4.78, 5) is 26.4. The van der Waals surface area contributed by atoms with Gasteiger partial charge in [0, 0.05) is 11.8 Å². The van der Waals surface area contributed by atoms with Crippen LogP contribution in [0.15, 0.2) is 24.3 Å². The van der Waals surface area contributed by atoms with Crippen LogP contribution in [0.4, 0.5) is 0 Å². The van der Waals surface area contributed by atoms with Crippen molar-refractivity contribution in [2.24, 2.45) is 17.6 Å². The van der Waals surface area contributed by atoms with Crippen LogP contribution in [0, 0.1) is 11.8 Å². The number of amides is 1. The lowest BCUT2D eigenvalue weighted by molar-refractivity contribution is -0.141. The number of aromatic hydroxyl groups is 1. The minimum atomic E-state index is -0.597.